The second-order valence-electron chi connectivity index (χ2n) is 5.36. The van der Waals surface area contributed by atoms with Crippen LogP contribution >= 0.6 is 0 Å². The van der Waals surface area contributed by atoms with Gasteiger partial charge in [0, 0.05) is 19.3 Å². The van der Waals surface area contributed by atoms with Crippen molar-refractivity contribution in [1.82, 2.24) is 19.5 Å². The molecule has 3 rings (SSSR count). The van der Waals surface area contributed by atoms with Crippen molar-refractivity contribution in [1.29, 1.82) is 0 Å². The number of pyridine rings is 1. The van der Waals surface area contributed by atoms with E-state index in [0.717, 1.165) is 6.42 Å². The van der Waals surface area contributed by atoms with Crippen LogP contribution in [0.25, 0.3) is 5.65 Å². The quantitative estimate of drug-likeness (QED) is 0.830. The standard InChI is InChI=1S/C14H18N4O2/c1-3-14(2)9-17(7-8-20-14)13(19)11-5-4-6-18-10-15-16-12(11)18/h4-6,10H,3,7-9H2,1-2H3. The van der Waals surface area contributed by atoms with Gasteiger partial charge in [-0.05, 0) is 25.5 Å². The van der Waals surface area contributed by atoms with E-state index in [2.05, 4.69) is 17.1 Å². The third-order valence-electron chi connectivity index (χ3n) is 3.93. The zero-order chi connectivity index (χ0) is 14.2. The number of carbonyl (C=O) groups excluding carboxylic acids is 1. The largest absolute Gasteiger partial charge is 0.372 e. The van der Waals surface area contributed by atoms with Crippen LogP contribution in [-0.4, -0.2) is 50.7 Å². The predicted molar refractivity (Wildman–Crippen MR) is 73.5 cm³/mol. The normalized spacial score (nSPS) is 23.2. The van der Waals surface area contributed by atoms with Gasteiger partial charge < -0.3 is 9.64 Å². The van der Waals surface area contributed by atoms with Crippen LogP contribution in [0.4, 0.5) is 0 Å². The van der Waals surface area contributed by atoms with E-state index in [-0.39, 0.29) is 11.5 Å². The maximum atomic E-state index is 12.7. The predicted octanol–water partition coefficient (Wildman–Crippen LogP) is 1.37. The zero-order valence-electron chi connectivity index (χ0n) is 11.7. The minimum atomic E-state index is -0.257. The molecule has 0 bridgehead atoms. The Kier molecular flexibility index (Phi) is 3.17. The molecule has 1 saturated heterocycles. The number of fused-ring (bicyclic) bond motifs is 1. The fraction of sp³-hybridized carbons (Fsp3) is 0.500. The van der Waals surface area contributed by atoms with Crippen LogP contribution in [0, 0.1) is 0 Å². The second kappa shape index (κ2) is 4.86. The van der Waals surface area contributed by atoms with E-state index in [1.165, 1.54) is 0 Å². The molecule has 2 aromatic rings. The fourth-order valence-corrected chi connectivity index (χ4v) is 2.51. The smallest absolute Gasteiger partial charge is 0.257 e. The van der Waals surface area contributed by atoms with Gasteiger partial charge >= 0.3 is 0 Å². The van der Waals surface area contributed by atoms with Crippen LogP contribution in [0.5, 0.6) is 0 Å². The zero-order valence-corrected chi connectivity index (χ0v) is 11.7. The van der Waals surface area contributed by atoms with Crippen LogP contribution in [0.1, 0.15) is 30.6 Å². The number of ether oxygens (including phenoxy) is 1. The number of morpholine rings is 1. The topological polar surface area (TPSA) is 59.7 Å². The highest BCUT2D eigenvalue weighted by Crippen LogP contribution is 2.23. The van der Waals surface area contributed by atoms with Gasteiger partial charge in [0.25, 0.3) is 5.91 Å². The Morgan fingerprint density at radius 2 is 2.40 bits per heavy atom. The number of hydrogen-bond acceptors (Lipinski definition) is 4. The molecule has 0 spiro atoms. The summed E-state index contributed by atoms with van der Waals surface area (Å²) < 4.78 is 7.53. The SMILES string of the molecule is CCC1(C)CN(C(=O)c2cccn3cnnc23)CCO1. The molecule has 0 aromatic carbocycles. The summed E-state index contributed by atoms with van der Waals surface area (Å²) in [5, 5.41) is 7.88. The number of amides is 1. The highest BCUT2D eigenvalue weighted by molar-refractivity contribution is 5.99. The Labute approximate surface area is 117 Å². The van der Waals surface area contributed by atoms with Crippen molar-refractivity contribution in [3.05, 3.63) is 30.2 Å². The number of aromatic nitrogens is 3. The minimum Gasteiger partial charge on any atom is -0.372 e. The van der Waals surface area contributed by atoms with Gasteiger partial charge in [-0.3, -0.25) is 9.20 Å². The highest BCUT2D eigenvalue weighted by atomic mass is 16.5. The first-order valence-electron chi connectivity index (χ1n) is 6.84. The van der Waals surface area contributed by atoms with Gasteiger partial charge in [0.15, 0.2) is 5.65 Å². The molecule has 2 aromatic heterocycles. The third kappa shape index (κ3) is 2.16. The van der Waals surface area contributed by atoms with Crippen molar-refractivity contribution >= 4 is 11.6 Å². The summed E-state index contributed by atoms with van der Waals surface area (Å²) in [7, 11) is 0. The van der Waals surface area contributed by atoms with E-state index in [4.69, 9.17) is 4.74 Å². The highest BCUT2D eigenvalue weighted by Gasteiger charge is 2.33. The summed E-state index contributed by atoms with van der Waals surface area (Å²) in [6.45, 7) is 5.92. The molecule has 20 heavy (non-hydrogen) atoms. The van der Waals surface area contributed by atoms with E-state index in [1.807, 2.05) is 24.1 Å². The summed E-state index contributed by atoms with van der Waals surface area (Å²) in [5.74, 6) is -0.00780. The van der Waals surface area contributed by atoms with Crippen LogP contribution in [0.3, 0.4) is 0 Å². The molecule has 0 saturated carbocycles. The van der Waals surface area contributed by atoms with Gasteiger partial charge in [-0.1, -0.05) is 6.92 Å². The Morgan fingerprint density at radius 3 is 3.20 bits per heavy atom. The molecule has 1 aliphatic rings. The number of rotatable bonds is 2. The lowest BCUT2D eigenvalue weighted by molar-refractivity contribution is -0.0897. The Morgan fingerprint density at radius 1 is 1.55 bits per heavy atom. The van der Waals surface area contributed by atoms with Crippen LogP contribution < -0.4 is 0 Å². The molecule has 3 heterocycles. The van der Waals surface area contributed by atoms with Crippen LogP contribution in [0.15, 0.2) is 24.7 Å². The summed E-state index contributed by atoms with van der Waals surface area (Å²) >= 11 is 0. The molecule has 1 aliphatic heterocycles. The fourth-order valence-electron chi connectivity index (χ4n) is 2.51. The van der Waals surface area contributed by atoms with Gasteiger partial charge in [-0.25, -0.2) is 0 Å². The Hall–Kier alpha value is -1.95. The van der Waals surface area contributed by atoms with Crippen molar-refractivity contribution in [2.75, 3.05) is 19.7 Å². The minimum absolute atomic E-state index is 0.00780. The lowest BCUT2D eigenvalue weighted by atomic mass is 10.0. The monoisotopic (exact) mass is 274 g/mol. The molecule has 1 unspecified atom stereocenters. The maximum Gasteiger partial charge on any atom is 0.257 e. The first kappa shape index (κ1) is 13.1. The molecule has 0 radical (unpaired) electrons. The molecule has 0 aliphatic carbocycles. The van der Waals surface area contributed by atoms with E-state index >= 15 is 0 Å². The van der Waals surface area contributed by atoms with Gasteiger partial charge in [0.2, 0.25) is 0 Å². The molecule has 1 fully saturated rings. The molecule has 1 amide bonds. The summed E-state index contributed by atoms with van der Waals surface area (Å²) in [6, 6.07) is 3.63. The number of hydrogen-bond donors (Lipinski definition) is 0. The third-order valence-corrected chi connectivity index (χ3v) is 3.93. The van der Waals surface area contributed by atoms with Crippen molar-refractivity contribution in [2.45, 2.75) is 25.9 Å². The molecule has 6 heteroatoms. The Balaban J connectivity index is 1.91. The average molecular weight is 274 g/mol. The molecule has 1 atom stereocenters. The van der Waals surface area contributed by atoms with Crippen molar-refractivity contribution in [2.24, 2.45) is 0 Å². The number of nitrogens with zero attached hydrogens (tertiary/aromatic N) is 4. The molecule has 6 nitrogen and oxygen atoms in total. The van der Waals surface area contributed by atoms with Gasteiger partial charge in [-0.2, -0.15) is 0 Å². The van der Waals surface area contributed by atoms with Crippen molar-refractivity contribution in [3.8, 4) is 0 Å². The van der Waals surface area contributed by atoms with E-state index in [1.54, 1.807) is 16.8 Å². The molecule has 106 valence electrons. The second-order valence-corrected chi connectivity index (χ2v) is 5.36. The lowest BCUT2D eigenvalue weighted by Gasteiger charge is -2.40. The van der Waals surface area contributed by atoms with Gasteiger partial charge in [0.05, 0.1) is 17.8 Å². The maximum absolute atomic E-state index is 12.7. The van der Waals surface area contributed by atoms with Crippen molar-refractivity contribution in [3.63, 3.8) is 0 Å². The van der Waals surface area contributed by atoms with Crippen molar-refractivity contribution < 1.29 is 9.53 Å². The number of carbonyl (C=O) groups is 1. The van der Waals surface area contributed by atoms with E-state index in [0.29, 0.717) is 30.9 Å². The summed E-state index contributed by atoms with van der Waals surface area (Å²) in [4.78, 5) is 14.5. The molecule has 0 N–H and O–H groups in total. The lowest BCUT2D eigenvalue weighted by Crippen LogP contribution is -2.51. The van der Waals surface area contributed by atoms with Gasteiger partial charge in [-0.15, -0.1) is 10.2 Å². The van der Waals surface area contributed by atoms with Crippen LogP contribution in [0.2, 0.25) is 0 Å². The first-order valence-corrected chi connectivity index (χ1v) is 6.84. The Bertz CT molecular complexity index is 639. The van der Waals surface area contributed by atoms with Gasteiger partial charge in [0.1, 0.15) is 6.33 Å². The molecular formula is C14H18N4O2. The van der Waals surface area contributed by atoms with Crippen LogP contribution in [-0.2, 0) is 4.74 Å². The molecular weight excluding hydrogens is 256 g/mol. The first-order chi connectivity index (χ1) is 9.63. The summed E-state index contributed by atoms with van der Waals surface area (Å²) in [5.41, 5.74) is 0.930. The van der Waals surface area contributed by atoms with E-state index < -0.39 is 0 Å². The average Bonchev–Trinajstić information content (AvgIpc) is 2.95. The van der Waals surface area contributed by atoms with E-state index in [9.17, 15) is 4.79 Å². The summed E-state index contributed by atoms with van der Waals surface area (Å²) in [6.07, 6.45) is 4.31.